The summed E-state index contributed by atoms with van der Waals surface area (Å²) >= 11 is 1.08. The third kappa shape index (κ3) is 6.02. The summed E-state index contributed by atoms with van der Waals surface area (Å²) in [5, 5.41) is 3.04. The number of allylic oxidation sites excluding steroid dienone is 5. The first-order chi connectivity index (χ1) is 15.1. The Balaban J connectivity index is 0.00000113. The minimum absolute atomic E-state index is 0.0261. The summed E-state index contributed by atoms with van der Waals surface area (Å²) in [6.07, 6.45) is 8.78. The van der Waals surface area contributed by atoms with Gasteiger partial charge in [0.15, 0.2) is 5.82 Å². The Labute approximate surface area is 187 Å². The SMILES string of the molecule is C=C/C(=C\C=C/C)c1ccccc1NC(=O)c1c[nH]c2snc(N)c2c1=O.CC.CC. The van der Waals surface area contributed by atoms with Crippen LogP contribution in [0.2, 0.25) is 0 Å². The number of carbonyl (C=O) groups excluding carboxylic acids is 1. The van der Waals surface area contributed by atoms with Crippen LogP contribution >= 0.6 is 11.5 Å². The van der Waals surface area contributed by atoms with E-state index in [1.807, 2.05) is 71.0 Å². The van der Waals surface area contributed by atoms with E-state index in [9.17, 15) is 9.59 Å². The molecule has 31 heavy (non-hydrogen) atoms. The number of aromatic amines is 1. The molecular formula is C24H30N4O2S. The molecule has 0 spiro atoms. The number of benzene rings is 1. The number of H-pyrrole nitrogens is 1. The molecule has 0 aliphatic rings. The largest absolute Gasteiger partial charge is 0.382 e. The first kappa shape index (κ1) is 25.6. The Morgan fingerprint density at radius 3 is 2.52 bits per heavy atom. The molecule has 0 aliphatic carbocycles. The van der Waals surface area contributed by atoms with Crippen LogP contribution in [0, 0.1) is 0 Å². The molecule has 3 aromatic rings. The van der Waals surface area contributed by atoms with Crippen LogP contribution in [0.3, 0.4) is 0 Å². The van der Waals surface area contributed by atoms with Crippen molar-refractivity contribution >= 4 is 44.7 Å². The number of hydrogen-bond acceptors (Lipinski definition) is 5. The van der Waals surface area contributed by atoms with Gasteiger partial charge in [0.1, 0.15) is 15.8 Å². The van der Waals surface area contributed by atoms with Crippen LogP contribution in [-0.2, 0) is 0 Å². The highest BCUT2D eigenvalue weighted by Crippen LogP contribution is 2.25. The molecule has 0 bridgehead atoms. The van der Waals surface area contributed by atoms with Gasteiger partial charge in [0.25, 0.3) is 5.91 Å². The zero-order chi connectivity index (χ0) is 23.4. The van der Waals surface area contributed by atoms with Gasteiger partial charge in [0.05, 0.1) is 0 Å². The Kier molecular flexibility index (Phi) is 10.7. The van der Waals surface area contributed by atoms with Crippen LogP contribution in [-0.4, -0.2) is 15.3 Å². The van der Waals surface area contributed by atoms with E-state index < -0.39 is 11.3 Å². The molecule has 0 aliphatic heterocycles. The molecule has 0 saturated carbocycles. The highest BCUT2D eigenvalue weighted by Gasteiger charge is 2.17. The van der Waals surface area contributed by atoms with Gasteiger partial charge in [-0.3, -0.25) is 9.59 Å². The van der Waals surface area contributed by atoms with E-state index in [2.05, 4.69) is 21.3 Å². The number of para-hydroxylation sites is 1. The third-order valence-corrected chi connectivity index (χ3v) is 4.75. The maximum Gasteiger partial charge on any atom is 0.261 e. The van der Waals surface area contributed by atoms with Gasteiger partial charge in [-0.2, -0.15) is 4.37 Å². The Morgan fingerprint density at radius 2 is 1.87 bits per heavy atom. The molecule has 6 nitrogen and oxygen atoms in total. The van der Waals surface area contributed by atoms with E-state index in [1.165, 1.54) is 6.20 Å². The molecule has 0 fully saturated rings. The molecule has 0 atom stereocenters. The molecule has 2 aromatic heterocycles. The van der Waals surface area contributed by atoms with Crippen molar-refractivity contribution in [3.8, 4) is 0 Å². The predicted octanol–water partition coefficient (Wildman–Crippen LogP) is 6.02. The highest BCUT2D eigenvalue weighted by molar-refractivity contribution is 7.13. The Bertz CT molecular complexity index is 1140. The monoisotopic (exact) mass is 438 g/mol. The van der Waals surface area contributed by atoms with Gasteiger partial charge in [-0.1, -0.05) is 76.8 Å². The number of aromatic nitrogens is 2. The minimum atomic E-state index is -0.523. The van der Waals surface area contributed by atoms with Gasteiger partial charge in [-0.05, 0) is 30.1 Å². The molecule has 0 saturated heterocycles. The fourth-order valence-corrected chi connectivity index (χ4v) is 3.31. The van der Waals surface area contributed by atoms with E-state index in [-0.39, 0.29) is 16.8 Å². The minimum Gasteiger partial charge on any atom is -0.382 e. The van der Waals surface area contributed by atoms with Crippen LogP contribution in [0.5, 0.6) is 0 Å². The normalized spacial score (nSPS) is 10.7. The lowest BCUT2D eigenvalue weighted by atomic mass is 10.0. The van der Waals surface area contributed by atoms with Crippen molar-refractivity contribution in [2.24, 2.45) is 0 Å². The average molecular weight is 439 g/mol. The van der Waals surface area contributed by atoms with Crippen LogP contribution in [0.25, 0.3) is 15.8 Å². The molecule has 4 N–H and O–H groups in total. The van der Waals surface area contributed by atoms with E-state index in [0.717, 1.165) is 22.7 Å². The average Bonchev–Trinajstić information content (AvgIpc) is 3.19. The summed E-state index contributed by atoms with van der Waals surface area (Å²) in [6, 6.07) is 7.33. The summed E-state index contributed by atoms with van der Waals surface area (Å²) in [4.78, 5) is 28.8. The van der Waals surface area contributed by atoms with Crippen LogP contribution in [0.4, 0.5) is 11.5 Å². The molecule has 0 unspecified atom stereocenters. The molecule has 7 heteroatoms. The molecular weight excluding hydrogens is 408 g/mol. The number of nitrogens with two attached hydrogens (primary N) is 1. The topological polar surface area (TPSA) is 101 Å². The smallest absolute Gasteiger partial charge is 0.261 e. The molecule has 3 rings (SSSR count). The number of rotatable bonds is 5. The van der Waals surface area contributed by atoms with E-state index >= 15 is 0 Å². The number of anilines is 2. The van der Waals surface area contributed by atoms with Gasteiger partial charge in [0.2, 0.25) is 5.43 Å². The number of amides is 1. The van der Waals surface area contributed by atoms with Crippen LogP contribution < -0.4 is 16.5 Å². The van der Waals surface area contributed by atoms with Gasteiger partial charge in [-0.25, -0.2) is 0 Å². The molecule has 1 aromatic carbocycles. The number of nitrogen functional groups attached to an aromatic ring is 1. The lowest BCUT2D eigenvalue weighted by molar-refractivity contribution is 0.102. The summed E-state index contributed by atoms with van der Waals surface area (Å²) in [6.45, 7) is 13.7. The van der Waals surface area contributed by atoms with E-state index in [1.54, 1.807) is 12.1 Å². The number of nitrogens with zero attached hydrogens (tertiary/aromatic N) is 1. The lowest BCUT2D eigenvalue weighted by Crippen LogP contribution is -2.22. The molecule has 1 amide bonds. The number of pyridine rings is 1. The predicted molar refractivity (Wildman–Crippen MR) is 135 cm³/mol. The number of hydrogen-bond donors (Lipinski definition) is 3. The number of fused-ring (bicyclic) bond motifs is 1. The van der Waals surface area contributed by atoms with Crippen molar-refractivity contribution in [2.45, 2.75) is 34.6 Å². The van der Waals surface area contributed by atoms with Crippen molar-refractivity contribution in [1.82, 2.24) is 9.36 Å². The highest BCUT2D eigenvalue weighted by atomic mass is 32.1. The number of nitrogens with one attached hydrogen (secondary N) is 2. The quantitative estimate of drug-likeness (QED) is 0.424. The zero-order valence-electron chi connectivity index (χ0n) is 18.7. The number of carbonyl (C=O) groups is 1. The molecule has 164 valence electrons. The second-order valence-corrected chi connectivity index (χ2v) is 6.43. The first-order valence-corrected chi connectivity index (χ1v) is 11.0. The second-order valence-electron chi connectivity index (χ2n) is 5.66. The summed E-state index contributed by atoms with van der Waals surface area (Å²) in [5.74, 6) is -0.403. The van der Waals surface area contributed by atoms with E-state index in [0.29, 0.717) is 10.5 Å². The maximum absolute atomic E-state index is 12.7. The molecule has 2 heterocycles. The third-order valence-electron chi connectivity index (χ3n) is 3.96. The van der Waals surface area contributed by atoms with Gasteiger partial charge in [-0.15, -0.1) is 0 Å². The summed E-state index contributed by atoms with van der Waals surface area (Å²) in [7, 11) is 0. The van der Waals surface area contributed by atoms with Crippen molar-refractivity contribution in [3.05, 3.63) is 82.7 Å². The maximum atomic E-state index is 12.7. The van der Waals surface area contributed by atoms with E-state index in [4.69, 9.17) is 5.73 Å². The zero-order valence-corrected chi connectivity index (χ0v) is 19.5. The fourth-order valence-electron chi connectivity index (χ4n) is 2.63. The van der Waals surface area contributed by atoms with Crippen molar-refractivity contribution in [1.29, 1.82) is 0 Å². The van der Waals surface area contributed by atoms with Gasteiger partial charge in [0, 0.05) is 17.4 Å². The fraction of sp³-hybridized carbons (Fsp3) is 0.208. The van der Waals surface area contributed by atoms with Crippen LogP contribution in [0.15, 0.2) is 66.1 Å². The van der Waals surface area contributed by atoms with Crippen molar-refractivity contribution in [3.63, 3.8) is 0 Å². The lowest BCUT2D eigenvalue weighted by Gasteiger charge is -2.11. The summed E-state index contributed by atoms with van der Waals surface area (Å²) in [5.41, 5.74) is 7.50. The van der Waals surface area contributed by atoms with Crippen molar-refractivity contribution in [2.75, 3.05) is 11.1 Å². The molecule has 0 radical (unpaired) electrons. The van der Waals surface area contributed by atoms with Gasteiger partial charge < -0.3 is 16.0 Å². The van der Waals surface area contributed by atoms with Crippen molar-refractivity contribution < 1.29 is 4.79 Å². The Hall–Kier alpha value is -3.45. The summed E-state index contributed by atoms with van der Waals surface area (Å²) < 4.78 is 3.95. The van der Waals surface area contributed by atoms with Gasteiger partial charge >= 0.3 is 0 Å². The first-order valence-electron chi connectivity index (χ1n) is 10.2. The van der Waals surface area contributed by atoms with Crippen LogP contribution in [0.1, 0.15) is 50.5 Å². The second kappa shape index (κ2) is 13.0. The standard InChI is InChI=1S/C20H18N4O2S.2C2H6/c1-3-5-8-12(4-2)13-9-6-7-10-15(13)23-19(26)14-11-22-20-16(17(14)25)18(21)24-27-20;2*1-2/h3-11H,2H2,1H3,(H2,21,24)(H,22,25)(H,23,26);2*1-2H3/b5-3-,12-8+;;. The Morgan fingerprint density at radius 1 is 1.19 bits per heavy atom.